The Kier molecular flexibility index (Phi) is 20.8. The lowest BCUT2D eigenvalue weighted by molar-refractivity contribution is -0.385. The molecule has 0 saturated heterocycles. The molecule has 4 N–H and O–H groups in total. The van der Waals surface area contributed by atoms with Crippen molar-refractivity contribution in [2.24, 2.45) is 11.5 Å². The van der Waals surface area contributed by atoms with E-state index in [-0.39, 0.29) is 35.7 Å². The fourth-order valence-electron chi connectivity index (χ4n) is 12.3. The van der Waals surface area contributed by atoms with E-state index in [9.17, 15) is 29.8 Å². The third-order valence-corrected chi connectivity index (χ3v) is 27.7. The van der Waals surface area contributed by atoms with Gasteiger partial charge in [0, 0.05) is 60.4 Å². The molecule has 2 amide bonds. The molecule has 468 valence electrons. The van der Waals surface area contributed by atoms with Crippen LogP contribution in [0.4, 0.5) is 11.4 Å². The normalized spacial score (nSPS) is 13.2. The van der Waals surface area contributed by atoms with E-state index in [1.807, 2.05) is 72.8 Å². The molecule has 9 aromatic rings. The van der Waals surface area contributed by atoms with Crippen LogP contribution in [0.5, 0.6) is 23.0 Å². The Labute approximate surface area is 546 Å². The maximum Gasteiger partial charge on any atom is 0.269 e. The Hall–Kier alpha value is -9.00. The molecule has 0 heterocycles. The van der Waals surface area contributed by atoms with Crippen molar-refractivity contribution in [2.75, 3.05) is 27.4 Å². The maximum absolute atomic E-state index is 13.8. The Morgan fingerprint density at radius 3 is 1.03 bits per heavy atom. The molecule has 9 rings (SSSR count). The zero-order valence-corrected chi connectivity index (χ0v) is 56.1. The molecule has 0 aliphatic heterocycles. The van der Waals surface area contributed by atoms with Crippen LogP contribution in [0.15, 0.2) is 224 Å². The van der Waals surface area contributed by atoms with Crippen LogP contribution in [-0.4, -0.2) is 65.7 Å². The average Bonchev–Trinajstić information content (AvgIpc) is 0.794. The number of nitro groups is 2. The number of nitrogens with two attached hydrogens (primary N) is 2. The van der Waals surface area contributed by atoms with Crippen molar-refractivity contribution in [1.82, 2.24) is 0 Å². The SMILES string of the molecule is COc1ccc(C(N)=O)c([C@@H](CO[Si](c2ccccc2)(c2ccccc2)C(C)(C)C)[C@@H](Oc2cccc(O[C@@H](c3ccc([N+](=O)[O-])cc3)[C@H](CO[Si](c3ccccc3)(c3ccccc3)C(C)(C)C)c3cc(OC)ccc3C(N)=O)c2I)c2ccc([N+](=O)[O-])cc2)c1. The van der Waals surface area contributed by atoms with Gasteiger partial charge in [-0.3, -0.25) is 29.8 Å². The molecule has 0 saturated carbocycles. The third kappa shape index (κ3) is 14.2. The summed E-state index contributed by atoms with van der Waals surface area (Å²) in [6.07, 6.45) is -2.19. The molecule has 0 radical (unpaired) electrons. The fourth-order valence-corrected chi connectivity index (χ4v) is 22.1. The zero-order chi connectivity index (χ0) is 65.3. The molecular weight excluding hydrogens is 1300 g/mol. The summed E-state index contributed by atoms with van der Waals surface area (Å²) < 4.78 is 42.5. The van der Waals surface area contributed by atoms with Crippen LogP contribution in [0.25, 0.3) is 0 Å². The summed E-state index contributed by atoms with van der Waals surface area (Å²) in [6.45, 7) is 12.8. The molecule has 0 aliphatic rings. The highest BCUT2D eigenvalue weighted by Crippen LogP contribution is 2.47. The van der Waals surface area contributed by atoms with Gasteiger partial charge in [-0.05, 0) is 148 Å². The van der Waals surface area contributed by atoms with E-state index in [4.69, 9.17) is 39.3 Å². The number of methoxy groups -OCH3 is 2. The van der Waals surface area contributed by atoms with Gasteiger partial charge in [-0.2, -0.15) is 0 Å². The van der Waals surface area contributed by atoms with Gasteiger partial charge in [-0.1, -0.05) is 169 Å². The van der Waals surface area contributed by atoms with Gasteiger partial charge >= 0.3 is 0 Å². The standard InChI is InChI=1S/C72H73IN4O12Si2/c1-71(2,3)90(54-22-13-9-14-23-54,55-24-15-10-16-25-55)86-46-62(60-44-52(84-7)40-42-58(60)69(74)78)67(48-32-36-50(37-33-48)76(80)81)88-64-30-21-31-65(66(64)73)89-68(49-34-38-51(39-35-49)77(82)83)63(61-45-53(85-8)41-43-59(61)70(75)79)47-87-91(72(4,5)6,56-26-17-11-18-27-56)57-28-19-12-20-29-57/h9-45,62-63,67-68H,46-47H2,1-8H3,(H2,74,78)(H2,75,79)/t62-,63-,67+,68+/m1/s1. The molecule has 0 aliphatic carbocycles. The van der Waals surface area contributed by atoms with Crippen LogP contribution in [-0.2, 0) is 8.85 Å². The second-order valence-corrected chi connectivity index (χ2v) is 33.8. The maximum atomic E-state index is 13.8. The molecule has 91 heavy (non-hydrogen) atoms. The van der Waals surface area contributed by atoms with Gasteiger partial charge in [-0.15, -0.1) is 0 Å². The molecule has 0 unspecified atom stereocenters. The molecule has 0 spiro atoms. The molecule has 16 nitrogen and oxygen atoms in total. The van der Waals surface area contributed by atoms with Crippen molar-refractivity contribution < 1.29 is 47.2 Å². The number of hydrogen-bond acceptors (Lipinski definition) is 12. The number of nitro benzene ring substituents is 2. The largest absolute Gasteiger partial charge is 0.497 e. The van der Waals surface area contributed by atoms with Crippen LogP contribution >= 0.6 is 22.6 Å². The van der Waals surface area contributed by atoms with Crippen LogP contribution in [0, 0.1) is 23.8 Å². The van der Waals surface area contributed by atoms with E-state index in [2.05, 4.69) is 113 Å². The van der Waals surface area contributed by atoms with Crippen molar-refractivity contribution in [3.05, 3.63) is 282 Å². The minimum atomic E-state index is -3.37. The summed E-state index contributed by atoms with van der Waals surface area (Å²) in [5.41, 5.74) is 14.5. The Morgan fingerprint density at radius 2 is 0.769 bits per heavy atom. The first-order valence-electron chi connectivity index (χ1n) is 29.6. The number of rotatable bonds is 26. The second kappa shape index (κ2) is 28.4. The van der Waals surface area contributed by atoms with Gasteiger partial charge < -0.3 is 39.3 Å². The van der Waals surface area contributed by atoms with Crippen molar-refractivity contribution >= 4 is 83.2 Å². The van der Waals surface area contributed by atoms with Gasteiger partial charge in [-0.25, -0.2) is 0 Å². The van der Waals surface area contributed by atoms with Crippen molar-refractivity contribution in [2.45, 2.75) is 75.7 Å². The highest BCUT2D eigenvalue weighted by atomic mass is 127. The number of hydrogen-bond donors (Lipinski definition) is 2. The molecule has 4 atom stereocenters. The van der Waals surface area contributed by atoms with E-state index >= 15 is 0 Å². The Balaban J connectivity index is 1.25. The van der Waals surface area contributed by atoms with Crippen LogP contribution in [0.1, 0.15) is 109 Å². The summed E-state index contributed by atoms with van der Waals surface area (Å²) >= 11 is 2.16. The lowest BCUT2D eigenvalue weighted by Gasteiger charge is -2.44. The first kappa shape index (κ1) is 66.4. The van der Waals surface area contributed by atoms with Crippen LogP contribution in [0.3, 0.4) is 0 Å². The summed E-state index contributed by atoms with van der Waals surface area (Å²) in [7, 11) is -3.71. The number of ether oxygens (including phenoxy) is 4. The number of carbonyl (C=O) groups is 2. The highest BCUT2D eigenvalue weighted by Gasteiger charge is 2.53. The summed E-state index contributed by atoms with van der Waals surface area (Å²) in [4.78, 5) is 51.3. The molecular formula is C72H73IN4O12Si2. The summed E-state index contributed by atoms with van der Waals surface area (Å²) in [6, 6.07) is 67.8. The minimum absolute atomic E-state index is 0.0763. The van der Waals surface area contributed by atoms with Crippen molar-refractivity contribution in [3.8, 4) is 23.0 Å². The fraction of sp³-hybridized carbons (Fsp3) is 0.222. The lowest BCUT2D eigenvalue weighted by atomic mass is 9.86. The predicted molar refractivity (Wildman–Crippen MR) is 368 cm³/mol. The number of primary amides is 2. The average molecular weight is 1370 g/mol. The van der Waals surface area contributed by atoms with Gasteiger partial charge in [0.15, 0.2) is 0 Å². The number of halogens is 1. The lowest BCUT2D eigenvalue weighted by Crippen LogP contribution is -2.67. The summed E-state index contributed by atoms with van der Waals surface area (Å²) in [5, 5.41) is 27.6. The van der Waals surface area contributed by atoms with Crippen molar-refractivity contribution in [1.29, 1.82) is 0 Å². The monoisotopic (exact) mass is 1370 g/mol. The van der Waals surface area contributed by atoms with Gasteiger partial charge in [0.05, 0.1) is 27.6 Å². The number of amides is 2. The topological polar surface area (TPSA) is 228 Å². The quantitative estimate of drug-likeness (QED) is 0.0223. The molecule has 9 aromatic carbocycles. The highest BCUT2D eigenvalue weighted by molar-refractivity contribution is 14.1. The van der Waals surface area contributed by atoms with Gasteiger partial charge in [0.1, 0.15) is 35.2 Å². The van der Waals surface area contributed by atoms with E-state index in [1.165, 1.54) is 38.5 Å². The van der Waals surface area contributed by atoms with Gasteiger partial charge in [0.2, 0.25) is 11.8 Å². The number of nitrogens with zero attached hydrogens (tertiary/aromatic N) is 2. The first-order chi connectivity index (χ1) is 43.5. The zero-order valence-electron chi connectivity index (χ0n) is 51.9. The van der Waals surface area contributed by atoms with E-state index in [1.54, 1.807) is 78.9 Å². The second-order valence-electron chi connectivity index (χ2n) is 24.1. The number of non-ortho nitro benzene ring substituents is 2. The number of benzene rings is 9. The Bertz CT molecular complexity index is 3670. The third-order valence-electron chi connectivity index (χ3n) is 16.7. The van der Waals surface area contributed by atoms with E-state index in [0.29, 0.717) is 48.8 Å². The summed E-state index contributed by atoms with van der Waals surface area (Å²) in [5.74, 6) is -1.82. The Morgan fingerprint density at radius 1 is 0.462 bits per heavy atom. The van der Waals surface area contributed by atoms with Crippen LogP contribution in [0.2, 0.25) is 10.1 Å². The molecule has 0 bridgehead atoms. The predicted octanol–water partition coefficient (Wildman–Crippen LogP) is 13.3. The van der Waals surface area contributed by atoms with E-state index < -0.39 is 72.4 Å². The van der Waals surface area contributed by atoms with Crippen molar-refractivity contribution in [3.63, 3.8) is 0 Å². The smallest absolute Gasteiger partial charge is 0.269 e. The van der Waals surface area contributed by atoms with Gasteiger partial charge in [0.25, 0.3) is 28.0 Å². The molecule has 19 heteroatoms. The first-order valence-corrected chi connectivity index (χ1v) is 34.5. The molecule has 0 aromatic heterocycles. The minimum Gasteiger partial charge on any atom is -0.497 e. The van der Waals surface area contributed by atoms with E-state index in [0.717, 1.165) is 20.7 Å². The number of carbonyl (C=O) groups excluding carboxylic acids is 2. The van der Waals surface area contributed by atoms with Crippen LogP contribution < -0.4 is 51.2 Å². The molecule has 0 fully saturated rings.